The summed E-state index contributed by atoms with van der Waals surface area (Å²) in [5, 5.41) is 20.0. The Morgan fingerprint density at radius 2 is 1.80 bits per heavy atom. The van der Waals surface area contributed by atoms with Gasteiger partial charge in [-0.15, -0.1) is 0 Å². The van der Waals surface area contributed by atoms with E-state index in [0.717, 1.165) is 5.56 Å². The van der Waals surface area contributed by atoms with Crippen molar-refractivity contribution in [3.8, 4) is 23.0 Å². The predicted molar refractivity (Wildman–Crippen MR) is 175 cm³/mol. The molecular weight excluding hydrogens is 660 g/mol. The first kappa shape index (κ1) is 34.1. The van der Waals surface area contributed by atoms with Gasteiger partial charge in [-0.1, -0.05) is 35.9 Å². The molecule has 0 saturated carbocycles. The van der Waals surface area contributed by atoms with Crippen LogP contribution >= 0.6 is 15.9 Å². The van der Waals surface area contributed by atoms with Crippen molar-refractivity contribution in [1.82, 2.24) is 16.1 Å². The van der Waals surface area contributed by atoms with Crippen LogP contribution in [-0.2, 0) is 16.1 Å². The van der Waals surface area contributed by atoms with Gasteiger partial charge in [-0.2, -0.15) is 5.10 Å². The summed E-state index contributed by atoms with van der Waals surface area (Å²) in [7, 11) is 2.83. The van der Waals surface area contributed by atoms with Crippen molar-refractivity contribution in [2.24, 2.45) is 5.10 Å². The van der Waals surface area contributed by atoms with Crippen molar-refractivity contribution in [1.29, 1.82) is 0 Å². The Morgan fingerprint density at radius 3 is 2.50 bits per heavy atom. The zero-order valence-corrected chi connectivity index (χ0v) is 27.8. The van der Waals surface area contributed by atoms with Crippen LogP contribution in [0.1, 0.15) is 42.1 Å². The fraction of sp³-hybridized carbons (Fsp3) is 0.303. The van der Waals surface area contributed by atoms with Crippen LogP contribution in [0.4, 0.5) is 4.79 Å². The van der Waals surface area contributed by atoms with Crippen LogP contribution in [0.3, 0.4) is 0 Å². The van der Waals surface area contributed by atoms with Gasteiger partial charge in [-0.3, -0.25) is 5.43 Å². The first-order valence-corrected chi connectivity index (χ1v) is 15.2. The normalized spacial score (nSPS) is 15.1. The van der Waals surface area contributed by atoms with E-state index in [1.807, 2.05) is 44.2 Å². The number of amides is 2. The molecule has 0 spiro atoms. The molecule has 0 radical (unpaired) electrons. The van der Waals surface area contributed by atoms with E-state index < -0.39 is 24.3 Å². The molecule has 1 heterocycles. The number of halogens is 1. The molecule has 2 atom stereocenters. The molecule has 244 valence electrons. The fourth-order valence-electron chi connectivity index (χ4n) is 4.61. The molecule has 1 aliphatic heterocycles. The number of esters is 1. The quantitative estimate of drug-likeness (QED) is 0.0802. The Bertz CT molecular complexity index is 1610. The number of aliphatic hydroxyl groups excluding tert-OH is 1. The molecule has 0 unspecified atom stereocenters. The number of aryl methyl sites for hydroxylation is 1. The lowest BCUT2D eigenvalue weighted by Gasteiger charge is -2.28. The van der Waals surface area contributed by atoms with Gasteiger partial charge in [0.2, 0.25) is 0 Å². The van der Waals surface area contributed by atoms with Crippen molar-refractivity contribution in [2.75, 3.05) is 27.4 Å². The molecule has 46 heavy (non-hydrogen) atoms. The van der Waals surface area contributed by atoms with Crippen LogP contribution in [0.25, 0.3) is 0 Å². The largest absolute Gasteiger partial charge is 0.493 e. The van der Waals surface area contributed by atoms with Crippen LogP contribution in [0.5, 0.6) is 23.0 Å². The number of methoxy groups -OCH3 is 2. The summed E-state index contributed by atoms with van der Waals surface area (Å²) in [5.74, 6) is 1.23. The number of nitrogens with one attached hydrogen (secondary N) is 3. The third-order valence-corrected chi connectivity index (χ3v) is 7.45. The maximum Gasteiger partial charge on any atom is 0.337 e. The number of benzene rings is 3. The minimum absolute atomic E-state index is 0.161. The van der Waals surface area contributed by atoms with Gasteiger partial charge in [-0.25, -0.2) is 9.59 Å². The lowest BCUT2D eigenvalue weighted by atomic mass is 9.95. The Labute approximate surface area is 275 Å². The fourth-order valence-corrected chi connectivity index (χ4v) is 5.19. The average Bonchev–Trinajstić information content (AvgIpc) is 3.03. The van der Waals surface area contributed by atoms with E-state index in [-0.39, 0.29) is 12.2 Å². The van der Waals surface area contributed by atoms with E-state index in [1.165, 1.54) is 18.9 Å². The number of carbonyl (C=O) groups excluding carboxylic acids is 2. The summed E-state index contributed by atoms with van der Waals surface area (Å²) in [5.41, 5.74) is 6.78. The number of urea groups is 1. The minimum Gasteiger partial charge on any atom is -0.493 e. The van der Waals surface area contributed by atoms with Crippen molar-refractivity contribution in [2.45, 2.75) is 39.6 Å². The predicted octanol–water partition coefficient (Wildman–Crippen LogP) is 4.87. The van der Waals surface area contributed by atoms with Gasteiger partial charge in [0, 0.05) is 5.70 Å². The van der Waals surface area contributed by atoms with Gasteiger partial charge in [-0.05, 0) is 77.7 Å². The summed E-state index contributed by atoms with van der Waals surface area (Å²) in [6.07, 6.45) is 0.371. The lowest BCUT2D eigenvalue weighted by Crippen LogP contribution is -2.45. The molecule has 2 amide bonds. The highest BCUT2D eigenvalue weighted by atomic mass is 79.9. The zero-order chi connectivity index (χ0) is 33.2. The highest BCUT2D eigenvalue weighted by molar-refractivity contribution is 9.10. The van der Waals surface area contributed by atoms with Gasteiger partial charge in [0.05, 0.1) is 43.1 Å². The number of nitrogens with zero attached hydrogens (tertiary/aromatic N) is 1. The highest BCUT2D eigenvalue weighted by Crippen LogP contribution is 2.37. The first-order chi connectivity index (χ1) is 22.1. The summed E-state index contributed by atoms with van der Waals surface area (Å²) >= 11 is 3.55. The van der Waals surface area contributed by atoms with Gasteiger partial charge in [0.1, 0.15) is 13.2 Å². The monoisotopic (exact) mass is 696 g/mol. The standard InChI is InChI=1S/C33H37BrN4O8/c1-6-44-26-15-23(30-29(32(40)43-5)20(3)36-33(41)37-30)11-12-25(26)45-18-28(39)38-35-16-22-13-24(34)31(27(14-22)42-4)46-17-21-9-7-19(2)8-10-21/h7-16,28,30,38-39H,6,17-18H2,1-5H3,(H2,36,37,41)/b35-16-/t28-,30-/m0/s1. The first-order valence-electron chi connectivity index (χ1n) is 14.4. The van der Waals surface area contributed by atoms with Gasteiger partial charge in [0.25, 0.3) is 0 Å². The smallest absolute Gasteiger partial charge is 0.337 e. The van der Waals surface area contributed by atoms with E-state index in [2.05, 4.69) is 37.1 Å². The van der Waals surface area contributed by atoms with E-state index in [0.29, 0.717) is 57.5 Å². The zero-order valence-electron chi connectivity index (χ0n) is 26.2. The summed E-state index contributed by atoms with van der Waals surface area (Å²) in [6.45, 7) is 6.02. The molecule has 4 rings (SSSR count). The number of rotatable bonds is 14. The van der Waals surface area contributed by atoms with E-state index >= 15 is 0 Å². The van der Waals surface area contributed by atoms with Crippen molar-refractivity contribution < 1.29 is 38.4 Å². The second kappa shape index (κ2) is 16.0. The second-order valence-corrected chi connectivity index (χ2v) is 11.1. The molecule has 12 nitrogen and oxygen atoms in total. The van der Waals surface area contributed by atoms with Crippen LogP contribution in [0.15, 0.2) is 75.4 Å². The highest BCUT2D eigenvalue weighted by Gasteiger charge is 2.32. The Kier molecular flexibility index (Phi) is 11.9. The average molecular weight is 698 g/mol. The van der Waals surface area contributed by atoms with Gasteiger partial charge < -0.3 is 39.4 Å². The molecule has 13 heteroatoms. The molecule has 4 N–H and O–H groups in total. The van der Waals surface area contributed by atoms with Crippen LogP contribution in [0, 0.1) is 6.92 Å². The Hall–Kier alpha value is -4.75. The minimum atomic E-state index is -1.16. The lowest BCUT2D eigenvalue weighted by molar-refractivity contribution is -0.136. The number of hydrogen-bond acceptors (Lipinski definition) is 10. The molecule has 1 aliphatic rings. The van der Waals surface area contributed by atoms with Gasteiger partial charge in [0.15, 0.2) is 29.2 Å². The molecule has 0 bridgehead atoms. The summed E-state index contributed by atoms with van der Waals surface area (Å²) in [4.78, 5) is 24.6. The second-order valence-electron chi connectivity index (χ2n) is 10.2. The molecular formula is C33H37BrN4O8. The SMILES string of the molecule is CCOc1cc([C@@H]2NC(=O)NC(C)=C2C(=O)OC)ccc1OC[C@H](O)N/N=C\c1cc(Br)c(OCc2ccc(C)cc2)c(OC)c1. The third kappa shape index (κ3) is 8.70. The van der Waals surface area contributed by atoms with Crippen LogP contribution in [0.2, 0.25) is 0 Å². The van der Waals surface area contributed by atoms with Crippen molar-refractivity contribution in [3.63, 3.8) is 0 Å². The Morgan fingerprint density at radius 1 is 1.04 bits per heavy atom. The molecule has 3 aromatic rings. The van der Waals surface area contributed by atoms with E-state index in [9.17, 15) is 14.7 Å². The molecule has 3 aromatic carbocycles. The van der Waals surface area contributed by atoms with E-state index in [1.54, 1.807) is 38.3 Å². The molecule has 0 fully saturated rings. The molecule has 0 saturated heterocycles. The number of ether oxygens (including phenoxy) is 5. The maximum absolute atomic E-state index is 12.5. The maximum atomic E-state index is 12.5. The van der Waals surface area contributed by atoms with E-state index in [4.69, 9.17) is 23.7 Å². The van der Waals surface area contributed by atoms with Crippen molar-refractivity contribution in [3.05, 3.63) is 92.6 Å². The summed E-state index contributed by atoms with van der Waals surface area (Å²) < 4.78 is 28.7. The number of hydrogen-bond donors (Lipinski definition) is 4. The van der Waals surface area contributed by atoms with Crippen LogP contribution in [-0.4, -0.2) is 57.0 Å². The number of allylic oxidation sites excluding steroid dienone is 1. The van der Waals surface area contributed by atoms with Crippen LogP contribution < -0.4 is 35.0 Å². The molecule has 0 aliphatic carbocycles. The Balaban J connectivity index is 1.38. The summed E-state index contributed by atoms with van der Waals surface area (Å²) in [6, 6.07) is 15.5. The topological polar surface area (TPSA) is 149 Å². The molecule has 0 aromatic heterocycles. The number of carbonyl (C=O) groups is 2. The number of hydrazone groups is 1. The van der Waals surface area contributed by atoms with Crippen molar-refractivity contribution >= 4 is 34.1 Å². The number of aliphatic hydroxyl groups is 1. The van der Waals surface area contributed by atoms with Gasteiger partial charge >= 0.3 is 12.0 Å². The third-order valence-electron chi connectivity index (χ3n) is 6.86.